The molecule has 0 fully saturated rings. The van der Waals surface area contributed by atoms with Crippen molar-refractivity contribution in [3.8, 4) is 11.6 Å². The highest BCUT2D eigenvalue weighted by atomic mass is 16.5. The van der Waals surface area contributed by atoms with Gasteiger partial charge in [-0.15, -0.1) is 0 Å². The fourth-order valence-corrected chi connectivity index (χ4v) is 1.33. The maximum Gasteiger partial charge on any atom is 0.339 e. The third-order valence-corrected chi connectivity index (χ3v) is 2.09. The van der Waals surface area contributed by atoms with Crippen molar-refractivity contribution < 1.29 is 14.6 Å². The van der Waals surface area contributed by atoms with Crippen LogP contribution in [0.1, 0.15) is 16.1 Å². The van der Waals surface area contributed by atoms with Crippen LogP contribution in [0.2, 0.25) is 0 Å². The minimum Gasteiger partial charge on any atom is -0.478 e. The van der Waals surface area contributed by atoms with Gasteiger partial charge in [0.1, 0.15) is 5.56 Å². The summed E-state index contributed by atoms with van der Waals surface area (Å²) in [6, 6.07) is 6.65. The van der Waals surface area contributed by atoms with Gasteiger partial charge in [-0.2, -0.15) is 0 Å². The lowest BCUT2D eigenvalue weighted by atomic mass is 10.2. The molecule has 0 aliphatic carbocycles. The fourth-order valence-electron chi connectivity index (χ4n) is 1.33. The van der Waals surface area contributed by atoms with Gasteiger partial charge in [0.2, 0.25) is 5.88 Å². The number of hydrogen-bond donors (Lipinski definition) is 1. The highest BCUT2D eigenvalue weighted by Crippen LogP contribution is 2.22. The van der Waals surface area contributed by atoms with Gasteiger partial charge in [-0.1, -0.05) is 6.07 Å². The predicted octanol–water partition coefficient (Wildman–Crippen LogP) is 2.28. The molecule has 0 aliphatic heterocycles. The number of aryl methyl sites for hydroxylation is 1. The third kappa shape index (κ3) is 2.57. The zero-order chi connectivity index (χ0) is 12.3. The lowest BCUT2D eigenvalue weighted by Crippen LogP contribution is -2.01. The van der Waals surface area contributed by atoms with Gasteiger partial charge in [-0.25, -0.2) is 9.78 Å². The van der Waals surface area contributed by atoms with Crippen molar-refractivity contribution in [3.63, 3.8) is 0 Å². The summed E-state index contributed by atoms with van der Waals surface area (Å²) in [5.41, 5.74) is 0.853. The zero-order valence-corrected chi connectivity index (χ0v) is 9.12. The molecular weight excluding hydrogens is 220 g/mol. The third-order valence-electron chi connectivity index (χ3n) is 2.09. The number of rotatable bonds is 3. The SMILES string of the molecule is Cc1cccc(Oc2cnccc2C(=O)O)n1. The second-order valence-corrected chi connectivity index (χ2v) is 3.40. The van der Waals surface area contributed by atoms with Gasteiger partial charge in [0.15, 0.2) is 5.75 Å². The number of aromatic carboxylic acids is 1. The summed E-state index contributed by atoms with van der Waals surface area (Å²) < 4.78 is 5.40. The topological polar surface area (TPSA) is 72.3 Å². The normalized spacial score (nSPS) is 9.94. The van der Waals surface area contributed by atoms with E-state index in [1.54, 1.807) is 12.1 Å². The first-order chi connectivity index (χ1) is 8.16. The number of carboxylic acids is 1. The molecule has 0 unspecified atom stereocenters. The molecule has 2 aromatic heterocycles. The van der Waals surface area contributed by atoms with Crippen molar-refractivity contribution in [2.75, 3.05) is 0 Å². The zero-order valence-electron chi connectivity index (χ0n) is 9.12. The van der Waals surface area contributed by atoms with E-state index in [1.165, 1.54) is 18.5 Å². The highest BCUT2D eigenvalue weighted by Gasteiger charge is 2.11. The fraction of sp³-hybridized carbons (Fsp3) is 0.0833. The molecule has 1 N–H and O–H groups in total. The second-order valence-electron chi connectivity index (χ2n) is 3.40. The molecule has 0 radical (unpaired) electrons. The van der Waals surface area contributed by atoms with Crippen LogP contribution in [0.25, 0.3) is 0 Å². The molecule has 0 aromatic carbocycles. The number of carboxylic acid groups (broad SMARTS) is 1. The first-order valence-corrected chi connectivity index (χ1v) is 4.95. The van der Waals surface area contributed by atoms with Crippen LogP contribution in [0.5, 0.6) is 11.6 Å². The summed E-state index contributed by atoms with van der Waals surface area (Å²) in [6.07, 6.45) is 2.76. The van der Waals surface area contributed by atoms with Crippen LogP contribution in [0.4, 0.5) is 0 Å². The summed E-state index contributed by atoms with van der Waals surface area (Å²) in [4.78, 5) is 18.9. The van der Waals surface area contributed by atoms with E-state index in [9.17, 15) is 4.79 Å². The van der Waals surface area contributed by atoms with Crippen molar-refractivity contribution in [1.29, 1.82) is 0 Å². The van der Waals surface area contributed by atoms with Crippen LogP contribution in [0.3, 0.4) is 0 Å². The lowest BCUT2D eigenvalue weighted by molar-refractivity contribution is 0.0694. The summed E-state index contributed by atoms with van der Waals surface area (Å²) >= 11 is 0. The first kappa shape index (κ1) is 11.1. The molecule has 2 aromatic rings. The van der Waals surface area contributed by atoms with Crippen molar-refractivity contribution in [2.24, 2.45) is 0 Å². The van der Waals surface area contributed by atoms with Gasteiger partial charge in [0.05, 0.1) is 6.20 Å². The molecule has 0 aliphatic rings. The van der Waals surface area contributed by atoms with Crippen molar-refractivity contribution >= 4 is 5.97 Å². The van der Waals surface area contributed by atoms with E-state index in [0.717, 1.165) is 5.69 Å². The van der Waals surface area contributed by atoms with E-state index >= 15 is 0 Å². The Labute approximate surface area is 97.7 Å². The average molecular weight is 230 g/mol. The maximum atomic E-state index is 11.0. The van der Waals surface area contributed by atoms with Crippen LogP contribution in [-0.2, 0) is 0 Å². The van der Waals surface area contributed by atoms with E-state index in [4.69, 9.17) is 9.84 Å². The van der Waals surface area contributed by atoms with Crippen molar-refractivity contribution in [2.45, 2.75) is 6.92 Å². The van der Waals surface area contributed by atoms with Gasteiger partial charge in [-0.05, 0) is 19.1 Å². The molecule has 0 bridgehead atoms. The van der Waals surface area contributed by atoms with E-state index in [2.05, 4.69) is 9.97 Å². The number of ether oxygens (including phenoxy) is 1. The highest BCUT2D eigenvalue weighted by molar-refractivity contribution is 5.90. The maximum absolute atomic E-state index is 11.0. The Kier molecular flexibility index (Phi) is 3.00. The standard InChI is InChI=1S/C12H10N2O3/c1-8-3-2-4-11(14-8)17-10-7-13-6-5-9(10)12(15)16/h2-7H,1H3,(H,15,16). The molecule has 2 heterocycles. The Balaban J connectivity index is 2.33. The molecule has 0 spiro atoms. The van der Waals surface area contributed by atoms with Gasteiger partial charge in [0, 0.05) is 18.0 Å². The minimum absolute atomic E-state index is 0.0586. The van der Waals surface area contributed by atoms with Crippen LogP contribution in [-0.4, -0.2) is 21.0 Å². The minimum atomic E-state index is -1.06. The number of pyridine rings is 2. The van der Waals surface area contributed by atoms with Crippen LogP contribution < -0.4 is 4.74 Å². The second kappa shape index (κ2) is 4.61. The average Bonchev–Trinajstić information content (AvgIpc) is 2.29. The first-order valence-electron chi connectivity index (χ1n) is 4.95. The quantitative estimate of drug-likeness (QED) is 0.875. The molecule has 2 rings (SSSR count). The number of aromatic nitrogens is 2. The summed E-state index contributed by atoms with van der Waals surface area (Å²) in [5.74, 6) is -0.534. The Bertz CT molecular complexity index is 555. The monoisotopic (exact) mass is 230 g/mol. The molecule has 0 atom stereocenters. The smallest absolute Gasteiger partial charge is 0.339 e. The molecule has 5 heteroatoms. The molecule has 0 amide bonds. The molecule has 0 saturated carbocycles. The molecule has 0 saturated heterocycles. The van der Waals surface area contributed by atoms with Gasteiger partial charge < -0.3 is 9.84 Å². The van der Waals surface area contributed by atoms with E-state index in [0.29, 0.717) is 5.88 Å². The van der Waals surface area contributed by atoms with E-state index < -0.39 is 5.97 Å². The van der Waals surface area contributed by atoms with E-state index in [1.807, 2.05) is 13.0 Å². The Hall–Kier alpha value is -2.43. The molecule has 17 heavy (non-hydrogen) atoms. The van der Waals surface area contributed by atoms with Gasteiger partial charge in [0.25, 0.3) is 0 Å². The molecule has 5 nitrogen and oxygen atoms in total. The Morgan fingerprint density at radius 3 is 2.88 bits per heavy atom. The summed E-state index contributed by atoms with van der Waals surface area (Å²) in [7, 11) is 0. The molecular formula is C12H10N2O3. The van der Waals surface area contributed by atoms with Crippen LogP contribution in [0.15, 0.2) is 36.7 Å². The van der Waals surface area contributed by atoms with Crippen molar-refractivity contribution in [1.82, 2.24) is 9.97 Å². The van der Waals surface area contributed by atoms with Crippen LogP contribution in [0, 0.1) is 6.92 Å². The van der Waals surface area contributed by atoms with Crippen LogP contribution >= 0.6 is 0 Å². The predicted molar refractivity (Wildman–Crippen MR) is 60.2 cm³/mol. The lowest BCUT2D eigenvalue weighted by Gasteiger charge is -2.07. The van der Waals surface area contributed by atoms with Gasteiger partial charge >= 0.3 is 5.97 Å². The Morgan fingerprint density at radius 1 is 1.35 bits per heavy atom. The van der Waals surface area contributed by atoms with Crippen molar-refractivity contribution in [3.05, 3.63) is 47.9 Å². The number of nitrogens with zero attached hydrogens (tertiary/aromatic N) is 2. The summed E-state index contributed by atoms with van der Waals surface area (Å²) in [6.45, 7) is 1.83. The van der Waals surface area contributed by atoms with Gasteiger partial charge in [-0.3, -0.25) is 4.98 Å². The Morgan fingerprint density at radius 2 is 2.18 bits per heavy atom. The molecule has 86 valence electrons. The largest absolute Gasteiger partial charge is 0.478 e. The van der Waals surface area contributed by atoms with E-state index in [-0.39, 0.29) is 11.3 Å². The number of carbonyl (C=O) groups is 1. The summed E-state index contributed by atoms with van der Waals surface area (Å²) in [5, 5.41) is 8.97. The number of hydrogen-bond acceptors (Lipinski definition) is 4.